The minimum Gasteiger partial charge on any atom is -0.309 e. The lowest BCUT2D eigenvalue weighted by Gasteiger charge is -2.13. The number of hydrogen-bond acceptors (Lipinski definition) is 3. The Morgan fingerprint density at radius 1 is 0.368 bits per heavy atom. The molecule has 4 heterocycles. The lowest BCUT2D eigenvalue weighted by Crippen LogP contribution is -1.98. The van der Waals surface area contributed by atoms with Crippen molar-refractivity contribution in [1.82, 2.24) is 19.1 Å². The maximum Gasteiger partial charge on any atom is 0.160 e. The van der Waals surface area contributed by atoms with E-state index < -0.39 is 0 Å². The molecular weight excluding hydrogens is 713 g/mol. The van der Waals surface area contributed by atoms with Crippen LogP contribution in [0, 0.1) is 0 Å². The van der Waals surface area contributed by atoms with Crippen molar-refractivity contribution in [2.24, 2.45) is 0 Å². The molecule has 0 saturated heterocycles. The highest BCUT2D eigenvalue weighted by Crippen LogP contribution is 2.51. The second-order valence-corrected chi connectivity index (χ2v) is 15.6. The third kappa shape index (κ3) is 4.86. The molecule has 57 heavy (non-hydrogen) atoms. The van der Waals surface area contributed by atoms with Crippen LogP contribution in [0.4, 0.5) is 0 Å². The van der Waals surface area contributed by atoms with Gasteiger partial charge in [0.15, 0.2) is 5.82 Å². The minimum atomic E-state index is 0.706. The highest BCUT2D eigenvalue weighted by Gasteiger charge is 2.26. The number of rotatable bonds is 5. The zero-order chi connectivity index (χ0) is 37.5. The molecule has 0 bridgehead atoms. The molecule has 0 aliphatic heterocycles. The van der Waals surface area contributed by atoms with Crippen LogP contribution in [0.15, 0.2) is 194 Å². The van der Waals surface area contributed by atoms with Crippen molar-refractivity contribution in [3.63, 3.8) is 0 Å². The SMILES string of the molecule is c1ccc(-c2cc(-c3cccc(-n4c5ccccc5c5c6c7ccccc7n(-c7ccccc7)c6c6sc7ccccc7c6c54)c3)nc(-c3ccccc3)n2)cc1. The summed E-state index contributed by atoms with van der Waals surface area (Å²) in [6, 6.07) is 69.2. The number of aromatic nitrogens is 4. The zero-order valence-corrected chi connectivity index (χ0v) is 31.5. The number of para-hydroxylation sites is 3. The smallest absolute Gasteiger partial charge is 0.160 e. The van der Waals surface area contributed by atoms with Gasteiger partial charge in [0, 0.05) is 65.1 Å². The predicted octanol–water partition coefficient (Wildman–Crippen LogP) is 14.0. The molecule has 0 fully saturated rings. The standard InChI is InChI=1S/C52H32N4S/c1-4-17-33(18-5-1)41-32-42(54-52(53-41)34-19-6-2-7-20-34)35-21-16-24-37(31-35)56-44-29-14-10-25-38(44)46-47-39-26-11-13-28-43(39)55(36-22-8-3-9-23-36)50(47)51-48(49(46)56)40-27-12-15-30-45(40)57-51/h1-32H. The molecule has 12 aromatic rings. The van der Waals surface area contributed by atoms with E-state index in [1.54, 1.807) is 0 Å². The first-order valence-corrected chi connectivity index (χ1v) is 20.1. The van der Waals surface area contributed by atoms with Gasteiger partial charge in [-0.25, -0.2) is 9.97 Å². The normalized spacial score (nSPS) is 11.9. The van der Waals surface area contributed by atoms with Crippen LogP contribution >= 0.6 is 11.3 Å². The maximum absolute atomic E-state index is 5.21. The van der Waals surface area contributed by atoms with Gasteiger partial charge in [-0.05, 0) is 48.5 Å². The van der Waals surface area contributed by atoms with E-state index in [4.69, 9.17) is 9.97 Å². The van der Waals surface area contributed by atoms with Gasteiger partial charge in [0.25, 0.3) is 0 Å². The summed E-state index contributed by atoms with van der Waals surface area (Å²) in [7, 11) is 0. The first-order chi connectivity index (χ1) is 28.3. The molecular formula is C52H32N4S. The van der Waals surface area contributed by atoms with Gasteiger partial charge in [-0.1, -0.05) is 146 Å². The number of benzene rings is 8. The van der Waals surface area contributed by atoms with Gasteiger partial charge >= 0.3 is 0 Å². The fourth-order valence-electron chi connectivity index (χ4n) is 8.87. The molecule has 4 aromatic heterocycles. The van der Waals surface area contributed by atoms with Crippen LogP contribution in [0.1, 0.15) is 0 Å². The summed E-state index contributed by atoms with van der Waals surface area (Å²) in [4.78, 5) is 10.3. The maximum atomic E-state index is 5.21. The molecule has 12 rings (SSSR count). The molecule has 266 valence electrons. The second-order valence-electron chi connectivity index (χ2n) is 14.5. The number of nitrogens with zero attached hydrogens (tertiary/aromatic N) is 4. The molecule has 0 radical (unpaired) electrons. The van der Waals surface area contributed by atoms with Crippen molar-refractivity contribution in [3.8, 4) is 45.3 Å². The van der Waals surface area contributed by atoms with E-state index >= 15 is 0 Å². The third-order valence-electron chi connectivity index (χ3n) is 11.3. The fourth-order valence-corrected chi connectivity index (χ4v) is 10.1. The minimum absolute atomic E-state index is 0.706. The fraction of sp³-hybridized carbons (Fsp3) is 0. The molecule has 0 aliphatic rings. The Hall–Kier alpha value is -7.34. The van der Waals surface area contributed by atoms with E-state index in [1.807, 2.05) is 35.6 Å². The zero-order valence-electron chi connectivity index (χ0n) is 30.7. The summed E-state index contributed by atoms with van der Waals surface area (Å²) in [5.74, 6) is 0.706. The number of fused-ring (bicyclic) bond motifs is 12. The first kappa shape index (κ1) is 32.0. The molecule has 0 atom stereocenters. The van der Waals surface area contributed by atoms with Crippen LogP contribution in [0.3, 0.4) is 0 Å². The molecule has 0 N–H and O–H groups in total. The van der Waals surface area contributed by atoms with Crippen LogP contribution in [0.2, 0.25) is 0 Å². The summed E-state index contributed by atoms with van der Waals surface area (Å²) in [6.07, 6.45) is 0. The van der Waals surface area contributed by atoms with Crippen molar-refractivity contribution in [1.29, 1.82) is 0 Å². The Balaban J connectivity index is 1.21. The van der Waals surface area contributed by atoms with Gasteiger partial charge in [0.1, 0.15) is 0 Å². The topological polar surface area (TPSA) is 35.6 Å². The van der Waals surface area contributed by atoms with Gasteiger partial charge < -0.3 is 9.13 Å². The summed E-state index contributed by atoms with van der Waals surface area (Å²) in [5, 5.41) is 7.58. The second kappa shape index (κ2) is 12.6. The Kier molecular flexibility index (Phi) is 7.06. The third-order valence-corrected chi connectivity index (χ3v) is 12.5. The van der Waals surface area contributed by atoms with E-state index in [9.17, 15) is 0 Å². The van der Waals surface area contributed by atoms with Crippen molar-refractivity contribution >= 4 is 75.1 Å². The van der Waals surface area contributed by atoms with E-state index in [1.165, 1.54) is 63.8 Å². The Labute approximate surface area is 332 Å². The largest absolute Gasteiger partial charge is 0.309 e. The quantitative estimate of drug-likeness (QED) is 0.176. The highest BCUT2D eigenvalue weighted by atomic mass is 32.1. The molecule has 0 unspecified atom stereocenters. The van der Waals surface area contributed by atoms with Crippen LogP contribution in [0.5, 0.6) is 0 Å². The first-order valence-electron chi connectivity index (χ1n) is 19.3. The Morgan fingerprint density at radius 3 is 1.58 bits per heavy atom. The van der Waals surface area contributed by atoms with E-state index in [-0.39, 0.29) is 0 Å². The Morgan fingerprint density at radius 2 is 0.877 bits per heavy atom. The summed E-state index contributed by atoms with van der Waals surface area (Å²) < 4.78 is 7.55. The number of hydrogen-bond donors (Lipinski definition) is 0. The van der Waals surface area contributed by atoms with Crippen molar-refractivity contribution in [2.45, 2.75) is 0 Å². The van der Waals surface area contributed by atoms with Crippen molar-refractivity contribution < 1.29 is 0 Å². The molecule has 4 nitrogen and oxygen atoms in total. The number of thiophene rings is 1. The lowest BCUT2D eigenvalue weighted by atomic mass is 10.0. The van der Waals surface area contributed by atoms with Crippen molar-refractivity contribution in [3.05, 3.63) is 194 Å². The molecule has 0 spiro atoms. The van der Waals surface area contributed by atoms with Gasteiger partial charge in [-0.3, -0.25) is 0 Å². The van der Waals surface area contributed by atoms with Gasteiger partial charge in [0.05, 0.1) is 38.2 Å². The van der Waals surface area contributed by atoms with Crippen LogP contribution < -0.4 is 0 Å². The van der Waals surface area contributed by atoms with E-state index in [0.29, 0.717) is 5.82 Å². The predicted molar refractivity (Wildman–Crippen MR) is 240 cm³/mol. The highest BCUT2D eigenvalue weighted by molar-refractivity contribution is 7.27. The summed E-state index contributed by atoms with van der Waals surface area (Å²) >= 11 is 1.89. The molecule has 5 heteroatoms. The average Bonchev–Trinajstić information content (AvgIpc) is 3.95. The van der Waals surface area contributed by atoms with Crippen LogP contribution in [0.25, 0.3) is 109 Å². The summed E-state index contributed by atoms with van der Waals surface area (Å²) in [6.45, 7) is 0. The van der Waals surface area contributed by atoms with Crippen molar-refractivity contribution in [2.75, 3.05) is 0 Å². The summed E-state index contributed by atoms with van der Waals surface area (Å²) in [5.41, 5.74) is 11.9. The van der Waals surface area contributed by atoms with Gasteiger partial charge in [-0.15, -0.1) is 11.3 Å². The molecule has 0 aliphatic carbocycles. The lowest BCUT2D eigenvalue weighted by molar-refractivity contribution is 1.17. The van der Waals surface area contributed by atoms with Gasteiger partial charge in [0.2, 0.25) is 0 Å². The van der Waals surface area contributed by atoms with E-state index in [0.717, 1.165) is 39.5 Å². The molecule has 0 amide bonds. The van der Waals surface area contributed by atoms with E-state index in [2.05, 4.69) is 179 Å². The van der Waals surface area contributed by atoms with Crippen LogP contribution in [-0.4, -0.2) is 19.1 Å². The molecule has 8 aromatic carbocycles. The Bertz CT molecular complexity index is 3450. The molecule has 0 saturated carbocycles. The van der Waals surface area contributed by atoms with Crippen LogP contribution in [-0.2, 0) is 0 Å². The monoisotopic (exact) mass is 744 g/mol. The van der Waals surface area contributed by atoms with Gasteiger partial charge in [-0.2, -0.15) is 0 Å². The average molecular weight is 745 g/mol.